The number of urea groups is 1. The van der Waals surface area contributed by atoms with E-state index in [0.29, 0.717) is 0 Å². The minimum atomic E-state index is -2.15. The highest BCUT2D eigenvalue weighted by Gasteiger charge is 2.22. The summed E-state index contributed by atoms with van der Waals surface area (Å²) < 4.78 is 9.25. The van der Waals surface area contributed by atoms with Crippen molar-refractivity contribution in [1.29, 1.82) is 0 Å². The number of amides is 4. The van der Waals surface area contributed by atoms with E-state index in [9.17, 15) is 14.4 Å². The topological polar surface area (TPSA) is 147 Å². The summed E-state index contributed by atoms with van der Waals surface area (Å²) in [5.41, 5.74) is 1.92. The Labute approximate surface area is 143 Å². The Morgan fingerprint density at radius 3 is 2.04 bits per heavy atom. The fraction of sp³-hybridized carbons (Fsp3) is 0.667. The lowest BCUT2D eigenvalue weighted by atomic mass is 10.5. The lowest BCUT2D eigenvalue weighted by Gasteiger charge is -2.21. The minimum Gasteiger partial charge on any atom is -0.443 e. The molecular weight excluding hydrogens is 378 g/mol. The summed E-state index contributed by atoms with van der Waals surface area (Å²) in [6, 6.07) is -0.859. The van der Waals surface area contributed by atoms with E-state index in [0.717, 1.165) is 0 Å². The van der Waals surface area contributed by atoms with Crippen LogP contribution in [0.25, 0.3) is 0 Å². The van der Waals surface area contributed by atoms with Crippen LogP contribution < -0.4 is 20.7 Å². The van der Waals surface area contributed by atoms with Gasteiger partial charge in [0.2, 0.25) is 8.37 Å². The van der Waals surface area contributed by atoms with Gasteiger partial charge in [-0.3, -0.25) is 20.1 Å². The van der Waals surface area contributed by atoms with Crippen molar-refractivity contribution in [2.45, 2.75) is 19.3 Å². The van der Waals surface area contributed by atoms with Crippen LogP contribution >= 0.6 is 31.6 Å². The maximum absolute atomic E-state index is 11.6. The standard InChI is InChI=1S/C9H17Cl2N4O7P/c1-5(16)21-8(18)14-23(13-7(17)12-20-2)15-9(19)22-6(3-10)4-11/h5-6,16H,3-4H2,1-2H3,(H,14,18)(H,15,19)(H2,12,13,17). The lowest BCUT2D eigenvalue weighted by molar-refractivity contribution is -0.0349. The van der Waals surface area contributed by atoms with Gasteiger partial charge in [0.1, 0.15) is 6.10 Å². The molecule has 4 amide bonds. The third kappa shape index (κ3) is 11.0. The Hall–Kier alpha value is -1.26. The average Bonchev–Trinajstić information content (AvgIpc) is 2.43. The monoisotopic (exact) mass is 394 g/mol. The van der Waals surface area contributed by atoms with E-state index < -0.39 is 39.0 Å². The quantitative estimate of drug-likeness (QED) is 0.176. The Morgan fingerprint density at radius 1 is 1.09 bits per heavy atom. The largest absolute Gasteiger partial charge is 0.443 e. The molecule has 11 nitrogen and oxygen atoms in total. The van der Waals surface area contributed by atoms with Crippen molar-refractivity contribution < 1.29 is 33.8 Å². The first-order valence-electron chi connectivity index (χ1n) is 5.96. The van der Waals surface area contributed by atoms with Gasteiger partial charge in [-0.15, -0.1) is 23.2 Å². The number of hydrogen-bond donors (Lipinski definition) is 5. The van der Waals surface area contributed by atoms with Crippen LogP contribution in [0.1, 0.15) is 6.92 Å². The number of nitrogens with one attached hydrogen (secondary N) is 4. The molecule has 14 heteroatoms. The summed E-state index contributed by atoms with van der Waals surface area (Å²) in [6.07, 6.45) is -4.22. The second-order valence-electron chi connectivity index (χ2n) is 3.65. The fourth-order valence-corrected chi connectivity index (χ4v) is 2.29. The van der Waals surface area contributed by atoms with Crippen LogP contribution in [0, 0.1) is 0 Å². The molecule has 0 aromatic heterocycles. The maximum atomic E-state index is 11.6. The van der Waals surface area contributed by atoms with Crippen LogP contribution in [0.2, 0.25) is 0 Å². The Morgan fingerprint density at radius 2 is 1.61 bits per heavy atom. The summed E-state index contributed by atoms with van der Waals surface area (Å²) >= 11 is 11.0. The zero-order chi connectivity index (χ0) is 17.8. The highest BCUT2D eigenvalue weighted by molar-refractivity contribution is 7.53. The van der Waals surface area contributed by atoms with E-state index in [1.165, 1.54) is 14.0 Å². The molecule has 0 aliphatic heterocycles. The fourth-order valence-electron chi connectivity index (χ4n) is 0.947. The van der Waals surface area contributed by atoms with Crippen molar-refractivity contribution in [2.24, 2.45) is 0 Å². The van der Waals surface area contributed by atoms with Crippen molar-refractivity contribution in [3.63, 3.8) is 0 Å². The van der Waals surface area contributed by atoms with E-state index in [4.69, 9.17) is 33.0 Å². The second kappa shape index (κ2) is 12.2. The van der Waals surface area contributed by atoms with E-state index in [-0.39, 0.29) is 11.8 Å². The Kier molecular flexibility index (Phi) is 11.5. The molecule has 23 heavy (non-hydrogen) atoms. The first kappa shape index (κ1) is 21.7. The Balaban J connectivity index is 4.66. The molecular formula is C9H17Cl2N4O7P. The number of halogens is 2. The number of ether oxygens (including phenoxy) is 2. The summed E-state index contributed by atoms with van der Waals surface area (Å²) in [4.78, 5) is 38.8. The van der Waals surface area contributed by atoms with Gasteiger partial charge < -0.3 is 14.6 Å². The second-order valence-corrected chi connectivity index (χ2v) is 5.61. The van der Waals surface area contributed by atoms with Crippen LogP contribution in [0.4, 0.5) is 14.4 Å². The molecule has 2 atom stereocenters. The van der Waals surface area contributed by atoms with Crippen molar-refractivity contribution in [3.05, 3.63) is 0 Å². The van der Waals surface area contributed by atoms with Crippen molar-refractivity contribution >= 4 is 49.8 Å². The van der Waals surface area contributed by atoms with Crippen LogP contribution in [0.5, 0.6) is 0 Å². The minimum absolute atomic E-state index is 0.0378. The molecule has 0 rings (SSSR count). The number of hydrogen-bond acceptors (Lipinski definition) is 7. The van der Waals surface area contributed by atoms with Gasteiger partial charge in [0.15, 0.2) is 6.29 Å². The first-order chi connectivity index (χ1) is 10.8. The number of rotatable bonds is 8. The maximum Gasteiger partial charge on any atom is 0.415 e. The third-order valence-corrected chi connectivity index (χ3v) is 3.64. The van der Waals surface area contributed by atoms with E-state index in [1.807, 2.05) is 5.48 Å². The highest BCUT2D eigenvalue weighted by Crippen LogP contribution is 2.20. The highest BCUT2D eigenvalue weighted by atomic mass is 35.5. The molecule has 5 N–H and O–H groups in total. The summed E-state index contributed by atoms with van der Waals surface area (Å²) in [7, 11) is -0.965. The van der Waals surface area contributed by atoms with Gasteiger partial charge in [0.05, 0.1) is 18.9 Å². The summed E-state index contributed by atoms with van der Waals surface area (Å²) in [5.74, 6) is -0.0755. The van der Waals surface area contributed by atoms with Gasteiger partial charge in [-0.2, -0.15) is 0 Å². The summed E-state index contributed by atoms with van der Waals surface area (Å²) in [5, 5.41) is 15.4. The molecule has 0 saturated carbocycles. The molecule has 0 aliphatic carbocycles. The van der Waals surface area contributed by atoms with Crippen LogP contribution in [-0.2, 0) is 14.3 Å². The van der Waals surface area contributed by atoms with Crippen molar-refractivity contribution in [1.82, 2.24) is 20.7 Å². The van der Waals surface area contributed by atoms with E-state index in [2.05, 4.69) is 24.8 Å². The smallest absolute Gasteiger partial charge is 0.415 e. The number of aliphatic hydroxyl groups excluding tert-OH is 1. The number of hydroxylamine groups is 1. The zero-order valence-corrected chi connectivity index (χ0v) is 14.6. The number of alkyl halides is 2. The van der Waals surface area contributed by atoms with Crippen LogP contribution in [-0.4, -0.2) is 54.6 Å². The van der Waals surface area contributed by atoms with Gasteiger partial charge in [-0.25, -0.2) is 19.9 Å². The number of aliphatic hydroxyl groups is 1. The first-order valence-corrected chi connectivity index (χ1v) is 8.37. The van der Waals surface area contributed by atoms with Crippen molar-refractivity contribution in [3.8, 4) is 0 Å². The predicted molar refractivity (Wildman–Crippen MR) is 81.7 cm³/mol. The van der Waals surface area contributed by atoms with Gasteiger partial charge >= 0.3 is 18.2 Å². The van der Waals surface area contributed by atoms with E-state index in [1.54, 1.807) is 0 Å². The molecule has 0 aromatic rings. The summed E-state index contributed by atoms with van der Waals surface area (Å²) in [6.45, 7) is 1.19. The molecule has 0 aromatic carbocycles. The molecule has 134 valence electrons. The van der Waals surface area contributed by atoms with Crippen LogP contribution in [0.3, 0.4) is 0 Å². The van der Waals surface area contributed by atoms with Gasteiger partial charge in [0, 0.05) is 0 Å². The van der Waals surface area contributed by atoms with Gasteiger partial charge in [-0.05, 0) is 6.92 Å². The molecule has 0 saturated heterocycles. The number of carbonyl (C=O) groups excluding carboxylic acids is 3. The van der Waals surface area contributed by atoms with E-state index >= 15 is 0 Å². The SMILES string of the molecule is CONC(=O)NP(NC(=O)OC(C)O)NC(=O)OC(CCl)CCl. The van der Waals surface area contributed by atoms with Gasteiger partial charge in [-0.1, -0.05) is 0 Å². The normalized spacial score (nSPS) is 12.8. The zero-order valence-electron chi connectivity index (χ0n) is 12.2. The lowest BCUT2D eigenvalue weighted by Crippen LogP contribution is -2.42. The molecule has 0 spiro atoms. The number of carbonyl (C=O) groups is 3. The molecule has 0 aliphatic rings. The van der Waals surface area contributed by atoms with Crippen LogP contribution in [0.15, 0.2) is 0 Å². The van der Waals surface area contributed by atoms with Crippen molar-refractivity contribution in [2.75, 3.05) is 18.9 Å². The average molecular weight is 395 g/mol. The molecule has 0 bridgehead atoms. The molecule has 0 fully saturated rings. The third-order valence-electron chi connectivity index (χ3n) is 1.71. The Bertz CT molecular complexity index is 400. The molecule has 0 radical (unpaired) electrons. The molecule has 0 heterocycles. The molecule has 2 unspecified atom stereocenters. The predicted octanol–water partition coefficient (Wildman–Crippen LogP) is 0.711. The van der Waals surface area contributed by atoms with Gasteiger partial charge in [0.25, 0.3) is 0 Å².